The lowest BCUT2D eigenvalue weighted by Gasteiger charge is -2.05. The van der Waals surface area contributed by atoms with Gasteiger partial charge in [0, 0.05) is 36.4 Å². The van der Waals surface area contributed by atoms with Gasteiger partial charge in [-0.1, -0.05) is 48.5 Å². The lowest BCUT2D eigenvalue weighted by molar-refractivity contribution is 0.831. The molecule has 0 aliphatic heterocycles. The minimum atomic E-state index is 0.723. The SMILES string of the molecule is c1ccc(Cn2cc(CNc3cccnn3)c3ccccc32)cc1. The summed E-state index contributed by atoms with van der Waals surface area (Å²) >= 11 is 0. The first-order valence-corrected chi connectivity index (χ1v) is 8.02. The van der Waals surface area contributed by atoms with Gasteiger partial charge in [0.25, 0.3) is 0 Å². The number of para-hydroxylation sites is 1. The number of nitrogens with zero attached hydrogens (tertiary/aromatic N) is 3. The average molecular weight is 314 g/mol. The van der Waals surface area contributed by atoms with Gasteiger partial charge in [0.05, 0.1) is 0 Å². The van der Waals surface area contributed by atoms with Crippen LogP contribution in [-0.2, 0) is 13.1 Å². The lowest BCUT2D eigenvalue weighted by Crippen LogP contribution is -2.01. The van der Waals surface area contributed by atoms with Gasteiger partial charge in [0.2, 0.25) is 0 Å². The first-order valence-electron chi connectivity index (χ1n) is 8.02. The largest absolute Gasteiger partial charge is 0.364 e. The van der Waals surface area contributed by atoms with Crippen LogP contribution < -0.4 is 5.32 Å². The first-order chi connectivity index (χ1) is 11.9. The molecule has 0 aliphatic rings. The predicted octanol–water partition coefficient (Wildman–Crippen LogP) is 4.09. The summed E-state index contributed by atoms with van der Waals surface area (Å²) in [5.41, 5.74) is 3.80. The zero-order chi connectivity index (χ0) is 16.2. The second-order valence-electron chi connectivity index (χ2n) is 5.75. The van der Waals surface area contributed by atoms with Crippen LogP contribution in [0.15, 0.2) is 79.1 Å². The molecule has 0 aliphatic carbocycles. The third-order valence-electron chi connectivity index (χ3n) is 4.10. The summed E-state index contributed by atoms with van der Waals surface area (Å²) in [6.45, 7) is 1.59. The van der Waals surface area contributed by atoms with E-state index in [0.717, 1.165) is 18.9 Å². The second kappa shape index (κ2) is 6.54. The molecule has 4 aromatic rings. The zero-order valence-electron chi connectivity index (χ0n) is 13.3. The molecule has 0 bridgehead atoms. The molecule has 4 heteroatoms. The monoisotopic (exact) mass is 314 g/mol. The minimum Gasteiger partial charge on any atom is -0.364 e. The van der Waals surface area contributed by atoms with Gasteiger partial charge < -0.3 is 9.88 Å². The number of anilines is 1. The Bertz CT molecular complexity index is 930. The van der Waals surface area contributed by atoms with Crippen LogP contribution >= 0.6 is 0 Å². The average Bonchev–Trinajstić information content (AvgIpc) is 3.00. The van der Waals surface area contributed by atoms with E-state index in [9.17, 15) is 0 Å². The van der Waals surface area contributed by atoms with E-state index in [1.54, 1.807) is 6.20 Å². The fourth-order valence-corrected chi connectivity index (χ4v) is 2.96. The quantitative estimate of drug-likeness (QED) is 0.603. The molecule has 0 saturated heterocycles. The van der Waals surface area contributed by atoms with E-state index >= 15 is 0 Å². The van der Waals surface area contributed by atoms with E-state index in [1.165, 1.54) is 22.0 Å². The van der Waals surface area contributed by atoms with Crippen LogP contribution in [-0.4, -0.2) is 14.8 Å². The van der Waals surface area contributed by atoms with Crippen molar-refractivity contribution in [2.75, 3.05) is 5.32 Å². The van der Waals surface area contributed by atoms with Crippen LogP contribution in [0.1, 0.15) is 11.1 Å². The summed E-state index contributed by atoms with van der Waals surface area (Å²) < 4.78 is 2.30. The smallest absolute Gasteiger partial charge is 0.148 e. The van der Waals surface area contributed by atoms with Crippen molar-refractivity contribution < 1.29 is 0 Å². The lowest BCUT2D eigenvalue weighted by atomic mass is 10.2. The summed E-state index contributed by atoms with van der Waals surface area (Å²) in [5.74, 6) is 0.789. The molecule has 0 atom stereocenters. The highest BCUT2D eigenvalue weighted by Crippen LogP contribution is 2.23. The van der Waals surface area contributed by atoms with Gasteiger partial charge in [-0.25, -0.2) is 0 Å². The van der Waals surface area contributed by atoms with Gasteiger partial charge in [0.15, 0.2) is 0 Å². The molecular weight excluding hydrogens is 296 g/mol. The number of hydrogen-bond acceptors (Lipinski definition) is 3. The Morgan fingerprint density at radius 3 is 2.54 bits per heavy atom. The number of benzene rings is 2. The molecular formula is C20H18N4. The van der Waals surface area contributed by atoms with E-state index in [2.05, 4.69) is 74.8 Å². The Morgan fingerprint density at radius 2 is 1.71 bits per heavy atom. The zero-order valence-corrected chi connectivity index (χ0v) is 13.3. The molecule has 1 N–H and O–H groups in total. The van der Waals surface area contributed by atoms with Gasteiger partial charge >= 0.3 is 0 Å². The minimum absolute atomic E-state index is 0.723. The Balaban J connectivity index is 1.64. The maximum atomic E-state index is 4.08. The molecule has 2 aromatic carbocycles. The van der Waals surface area contributed by atoms with Crippen molar-refractivity contribution in [1.82, 2.24) is 14.8 Å². The molecule has 0 fully saturated rings. The van der Waals surface area contributed by atoms with Gasteiger partial charge in [-0.05, 0) is 29.3 Å². The summed E-state index contributed by atoms with van der Waals surface area (Å²) in [7, 11) is 0. The Hall–Kier alpha value is -3.14. The number of nitrogens with one attached hydrogen (secondary N) is 1. The Kier molecular flexibility index (Phi) is 3.94. The number of aromatic nitrogens is 3. The molecule has 0 saturated carbocycles. The highest BCUT2D eigenvalue weighted by Gasteiger charge is 2.08. The topological polar surface area (TPSA) is 42.7 Å². The van der Waals surface area contributed by atoms with Crippen LogP contribution in [0.5, 0.6) is 0 Å². The first kappa shape index (κ1) is 14.5. The van der Waals surface area contributed by atoms with E-state index < -0.39 is 0 Å². The van der Waals surface area contributed by atoms with Crippen molar-refractivity contribution in [2.45, 2.75) is 13.1 Å². The van der Waals surface area contributed by atoms with Crippen molar-refractivity contribution >= 4 is 16.7 Å². The molecule has 0 unspecified atom stereocenters. The van der Waals surface area contributed by atoms with E-state index in [1.807, 2.05) is 18.2 Å². The van der Waals surface area contributed by atoms with Crippen LogP contribution in [0.2, 0.25) is 0 Å². The Morgan fingerprint density at radius 1 is 0.875 bits per heavy atom. The molecule has 0 radical (unpaired) electrons. The molecule has 0 spiro atoms. The summed E-state index contributed by atoms with van der Waals surface area (Å²) in [6.07, 6.45) is 3.90. The third kappa shape index (κ3) is 2.99. The molecule has 4 rings (SSSR count). The molecule has 118 valence electrons. The predicted molar refractivity (Wildman–Crippen MR) is 96.8 cm³/mol. The summed E-state index contributed by atoms with van der Waals surface area (Å²) in [5, 5.41) is 12.6. The van der Waals surface area contributed by atoms with Crippen molar-refractivity contribution in [1.29, 1.82) is 0 Å². The molecule has 2 heterocycles. The fourth-order valence-electron chi connectivity index (χ4n) is 2.96. The van der Waals surface area contributed by atoms with Crippen molar-refractivity contribution in [2.24, 2.45) is 0 Å². The summed E-state index contributed by atoms with van der Waals surface area (Å²) in [6, 6.07) is 22.9. The van der Waals surface area contributed by atoms with Gasteiger partial charge in [-0.2, -0.15) is 5.10 Å². The van der Waals surface area contributed by atoms with Crippen molar-refractivity contribution in [3.05, 3.63) is 90.3 Å². The van der Waals surface area contributed by atoms with Crippen LogP contribution in [0, 0.1) is 0 Å². The van der Waals surface area contributed by atoms with Crippen LogP contribution in [0.3, 0.4) is 0 Å². The van der Waals surface area contributed by atoms with Gasteiger partial charge in [0.1, 0.15) is 5.82 Å². The van der Waals surface area contributed by atoms with Gasteiger partial charge in [-0.15, -0.1) is 5.10 Å². The molecule has 0 amide bonds. The van der Waals surface area contributed by atoms with Crippen LogP contribution in [0.25, 0.3) is 10.9 Å². The molecule has 2 aromatic heterocycles. The third-order valence-corrected chi connectivity index (χ3v) is 4.10. The fraction of sp³-hybridized carbons (Fsp3) is 0.100. The van der Waals surface area contributed by atoms with Crippen LogP contribution in [0.4, 0.5) is 5.82 Å². The van der Waals surface area contributed by atoms with E-state index in [0.29, 0.717) is 0 Å². The molecule has 24 heavy (non-hydrogen) atoms. The van der Waals surface area contributed by atoms with E-state index in [-0.39, 0.29) is 0 Å². The Labute approximate surface area is 140 Å². The standard InChI is InChI=1S/C20H18N4/c1-2-7-16(8-3-1)14-24-15-17(18-9-4-5-10-19(18)24)13-21-20-11-6-12-22-23-20/h1-12,15H,13-14H2,(H,21,23). The van der Waals surface area contributed by atoms with E-state index in [4.69, 9.17) is 0 Å². The highest BCUT2D eigenvalue weighted by molar-refractivity contribution is 5.84. The maximum Gasteiger partial charge on any atom is 0.148 e. The van der Waals surface area contributed by atoms with Gasteiger partial charge in [-0.3, -0.25) is 0 Å². The number of rotatable bonds is 5. The van der Waals surface area contributed by atoms with Crippen molar-refractivity contribution in [3.8, 4) is 0 Å². The number of hydrogen-bond donors (Lipinski definition) is 1. The molecule has 4 nitrogen and oxygen atoms in total. The normalized spacial score (nSPS) is 10.8. The highest BCUT2D eigenvalue weighted by atomic mass is 15.2. The van der Waals surface area contributed by atoms with Crippen molar-refractivity contribution in [3.63, 3.8) is 0 Å². The summed E-state index contributed by atoms with van der Waals surface area (Å²) in [4.78, 5) is 0. The maximum absolute atomic E-state index is 4.08. The second-order valence-corrected chi connectivity index (χ2v) is 5.75. The number of fused-ring (bicyclic) bond motifs is 1.